The van der Waals surface area contributed by atoms with Gasteiger partial charge >= 0.3 is 0 Å². The van der Waals surface area contributed by atoms with Gasteiger partial charge in [-0.05, 0) is 12.8 Å². The fraction of sp³-hybridized carbons (Fsp3) is 0.750. The molecular formula is C12H24N2S. The van der Waals surface area contributed by atoms with Gasteiger partial charge in [0.1, 0.15) is 0 Å². The van der Waals surface area contributed by atoms with E-state index in [1.807, 2.05) is 0 Å². The van der Waals surface area contributed by atoms with E-state index in [0.29, 0.717) is 0 Å². The Morgan fingerprint density at radius 3 is 2.20 bits per heavy atom. The molecule has 2 nitrogen and oxygen atoms in total. The molecule has 3 heteroatoms. The molecule has 0 unspecified atom stereocenters. The summed E-state index contributed by atoms with van der Waals surface area (Å²) in [6.45, 7) is 10.7. The van der Waals surface area contributed by atoms with Crippen LogP contribution in [-0.4, -0.2) is 11.1 Å². The molecule has 0 fully saturated rings. The summed E-state index contributed by atoms with van der Waals surface area (Å²) in [4.78, 5) is 4.25. The second kappa shape index (κ2) is 5.59. The van der Waals surface area contributed by atoms with Crippen LogP contribution < -0.4 is 5.73 Å². The maximum absolute atomic E-state index is 5.37. The van der Waals surface area contributed by atoms with Crippen molar-refractivity contribution in [3.05, 3.63) is 11.8 Å². The maximum Gasteiger partial charge on any atom is 0.0856 e. The van der Waals surface area contributed by atoms with Crippen LogP contribution in [0.4, 0.5) is 0 Å². The lowest BCUT2D eigenvalue weighted by molar-refractivity contribution is 0.362. The van der Waals surface area contributed by atoms with Crippen LogP contribution in [0.5, 0.6) is 0 Å². The second-order valence-electron chi connectivity index (χ2n) is 5.15. The van der Waals surface area contributed by atoms with Gasteiger partial charge in [-0.1, -0.05) is 40.7 Å². The van der Waals surface area contributed by atoms with Crippen LogP contribution in [0.25, 0.3) is 0 Å². The Labute approximate surface area is 99.5 Å². The Morgan fingerprint density at radius 1 is 1.33 bits per heavy atom. The number of nitrogens with zero attached hydrogens (tertiary/aromatic N) is 1. The summed E-state index contributed by atoms with van der Waals surface area (Å²) < 4.78 is 0.000446. The first-order chi connectivity index (χ1) is 6.73. The van der Waals surface area contributed by atoms with Gasteiger partial charge in [0, 0.05) is 15.9 Å². The lowest BCUT2D eigenvalue weighted by Crippen LogP contribution is -2.25. The van der Waals surface area contributed by atoms with Crippen LogP contribution in [0.2, 0.25) is 0 Å². The van der Waals surface area contributed by atoms with Crippen LogP contribution in [0.3, 0.4) is 0 Å². The van der Waals surface area contributed by atoms with Gasteiger partial charge in [0.05, 0.1) is 6.34 Å². The van der Waals surface area contributed by atoms with Crippen LogP contribution in [0, 0.1) is 5.41 Å². The van der Waals surface area contributed by atoms with E-state index >= 15 is 0 Å². The highest BCUT2D eigenvalue weighted by Crippen LogP contribution is 2.38. The predicted molar refractivity (Wildman–Crippen MR) is 72.5 cm³/mol. The van der Waals surface area contributed by atoms with Crippen molar-refractivity contribution in [1.29, 1.82) is 0 Å². The molecule has 0 aromatic heterocycles. The summed E-state index contributed by atoms with van der Waals surface area (Å²) >= 11 is 4.57. The van der Waals surface area contributed by atoms with E-state index in [-0.39, 0.29) is 10.2 Å². The average Bonchev–Trinajstić information content (AvgIpc) is 1.99. The maximum atomic E-state index is 5.37. The molecule has 0 saturated carbocycles. The highest BCUT2D eigenvalue weighted by Gasteiger charge is 2.29. The minimum absolute atomic E-state index is 0.000446. The number of hydrogen-bond acceptors (Lipinski definition) is 2. The quantitative estimate of drug-likeness (QED) is 0.422. The molecular weight excluding hydrogens is 204 g/mol. The van der Waals surface area contributed by atoms with Crippen molar-refractivity contribution in [1.82, 2.24) is 0 Å². The molecule has 0 atom stereocenters. The number of hydrogen-bond donors (Lipinski definition) is 2. The zero-order chi connectivity index (χ0) is 12.1. The molecule has 0 aliphatic rings. The van der Waals surface area contributed by atoms with Gasteiger partial charge in [-0.15, -0.1) is 0 Å². The topological polar surface area (TPSA) is 38.4 Å². The van der Waals surface area contributed by atoms with Gasteiger partial charge in [0.25, 0.3) is 0 Å². The van der Waals surface area contributed by atoms with E-state index in [0.717, 1.165) is 18.5 Å². The fourth-order valence-electron chi connectivity index (χ4n) is 1.95. The standard InChI is InChI=1S/C12H24N2S/c1-6-7-10(14-9-13)11(2,3)8-12(4,5)15/h7,9,15H,6,8H2,1-5H3,(H2,13,14)/b10-7-. The Balaban J connectivity index is 4.88. The summed E-state index contributed by atoms with van der Waals surface area (Å²) in [5, 5.41) is 0. The zero-order valence-corrected chi connectivity index (χ0v) is 11.4. The van der Waals surface area contributed by atoms with E-state index in [1.165, 1.54) is 6.34 Å². The van der Waals surface area contributed by atoms with Gasteiger partial charge in [-0.25, -0.2) is 4.99 Å². The van der Waals surface area contributed by atoms with E-state index in [2.05, 4.69) is 58.3 Å². The first-order valence-corrected chi connectivity index (χ1v) is 5.85. The van der Waals surface area contributed by atoms with E-state index in [1.54, 1.807) is 0 Å². The van der Waals surface area contributed by atoms with Gasteiger partial charge < -0.3 is 5.73 Å². The first-order valence-electron chi connectivity index (χ1n) is 5.40. The van der Waals surface area contributed by atoms with Crippen molar-refractivity contribution in [3.63, 3.8) is 0 Å². The molecule has 0 radical (unpaired) electrons. The SMILES string of the molecule is CC/C=C(\N=CN)C(C)(C)CC(C)(C)S. The Morgan fingerprint density at radius 2 is 1.87 bits per heavy atom. The highest BCUT2D eigenvalue weighted by molar-refractivity contribution is 7.81. The number of thiol groups is 1. The summed E-state index contributed by atoms with van der Waals surface area (Å²) in [7, 11) is 0. The monoisotopic (exact) mass is 228 g/mol. The lowest BCUT2D eigenvalue weighted by Gasteiger charge is -2.32. The Hall–Kier alpha value is -0.440. The predicted octanol–water partition coefficient (Wildman–Crippen LogP) is 3.39. The molecule has 2 N–H and O–H groups in total. The third-order valence-corrected chi connectivity index (χ3v) is 2.34. The molecule has 0 heterocycles. The lowest BCUT2D eigenvalue weighted by atomic mass is 9.80. The fourth-order valence-corrected chi connectivity index (χ4v) is 2.34. The van der Waals surface area contributed by atoms with Gasteiger partial charge in [-0.2, -0.15) is 12.6 Å². The molecule has 0 rings (SSSR count). The molecule has 0 aromatic rings. The van der Waals surface area contributed by atoms with Crippen LogP contribution >= 0.6 is 12.6 Å². The molecule has 0 aliphatic carbocycles. The van der Waals surface area contributed by atoms with Crippen LogP contribution in [-0.2, 0) is 0 Å². The minimum atomic E-state index is 0.000446. The zero-order valence-electron chi connectivity index (χ0n) is 10.5. The molecule has 0 aliphatic heterocycles. The van der Waals surface area contributed by atoms with Crippen LogP contribution in [0.15, 0.2) is 16.8 Å². The van der Waals surface area contributed by atoms with Gasteiger partial charge in [0.2, 0.25) is 0 Å². The third-order valence-electron chi connectivity index (χ3n) is 2.18. The molecule has 15 heavy (non-hydrogen) atoms. The average molecular weight is 228 g/mol. The van der Waals surface area contributed by atoms with Crippen molar-refractivity contribution >= 4 is 19.0 Å². The van der Waals surface area contributed by atoms with Crippen LogP contribution in [0.1, 0.15) is 47.5 Å². The van der Waals surface area contributed by atoms with Gasteiger partial charge in [-0.3, -0.25) is 0 Å². The van der Waals surface area contributed by atoms with E-state index in [9.17, 15) is 0 Å². The second-order valence-corrected chi connectivity index (χ2v) is 6.36. The molecule has 0 saturated heterocycles. The number of allylic oxidation sites excluding steroid dienone is 2. The number of aliphatic imine (C=N–C) groups is 1. The molecule has 0 aromatic carbocycles. The highest BCUT2D eigenvalue weighted by atomic mass is 32.1. The number of nitrogens with two attached hydrogens (primary N) is 1. The normalized spacial score (nSPS) is 14.9. The van der Waals surface area contributed by atoms with E-state index in [4.69, 9.17) is 5.73 Å². The van der Waals surface area contributed by atoms with Crippen molar-refractivity contribution in [2.75, 3.05) is 0 Å². The van der Waals surface area contributed by atoms with Crippen molar-refractivity contribution < 1.29 is 0 Å². The van der Waals surface area contributed by atoms with Crippen molar-refractivity contribution in [2.45, 2.75) is 52.2 Å². The van der Waals surface area contributed by atoms with Crippen molar-refractivity contribution in [3.8, 4) is 0 Å². The summed E-state index contributed by atoms with van der Waals surface area (Å²) in [5.74, 6) is 0. The van der Waals surface area contributed by atoms with Gasteiger partial charge in [0.15, 0.2) is 0 Å². The first kappa shape index (κ1) is 14.6. The molecule has 0 spiro atoms. The molecule has 0 amide bonds. The smallest absolute Gasteiger partial charge is 0.0856 e. The van der Waals surface area contributed by atoms with E-state index < -0.39 is 0 Å². The van der Waals surface area contributed by atoms with Crippen molar-refractivity contribution in [2.24, 2.45) is 16.1 Å². The third kappa shape index (κ3) is 5.88. The minimum Gasteiger partial charge on any atom is -0.390 e. The summed E-state index contributed by atoms with van der Waals surface area (Å²) in [5.41, 5.74) is 6.43. The summed E-state index contributed by atoms with van der Waals surface area (Å²) in [6.07, 6.45) is 5.44. The Bertz CT molecular complexity index is 247. The Kier molecular flexibility index (Phi) is 5.43. The number of rotatable bonds is 5. The molecule has 0 bridgehead atoms. The molecule has 88 valence electrons. The largest absolute Gasteiger partial charge is 0.390 e. The summed E-state index contributed by atoms with van der Waals surface area (Å²) in [6, 6.07) is 0.